The van der Waals surface area contributed by atoms with Crippen LogP contribution in [0.1, 0.15) is 82.6 Å². The van der Waals surface area contributed by atoms with E-state index in [-0.39, 0.29) is 23.0 Å². The van der Waals surface area contributed by atoms with Crippen LogP contribution < -0.4 is 0 Å². The zero-order valence-electron chi connectivity index (χ0n) is 37.6. The molecule has 2 aromatic heterocycles. The van der Waals surface area contributed by atoms with E-state index in [9.17, 15) is 5.11 Å². The average molecular weight is 822 g/mol. The molecule has 0 spiro atoms. The molecule has 312 valence electrons. The first-order valence-corrected chi connectivity index (χ1v) is 22.2. The van der Waals surface area contributed by atoms with Crippen molar-refractivity contribution in [2.24, 2.45) is 0 Å². The van der Waals surface area contributed by atoms with Gasteiger partial charge in [0.25, 0.3) is 0 Å². The average Bonchev–Trinajstić information content (AvgIpc) is 3.68. The van der Waals surface area contributed by atoms with E-state index in [1.54, 1.807) is 0 Å². The van der Waals surface area contributed by atoms with Crippen molar-refractivity contribution in [3.63, 3.8) is 0 Å². The van der Waals surface area contributed by atoms with Crippen molar-refractivity contribution in [3.05, 3.63) is 192 Å². The van der Waals surface area contributed by atoms with Gasteiger partial charge in [0.05, 0.1) is 28.0 Å². The van der Waals surface area contributed by atoms with Gasteiger partial charge < -0.3 is 5.11 Å². The minimum atomic E-state index is -0.142. The summed E-state index contributed by atoms with van der Waals surface area (Å²) in [5, 5.41) is 12.2. The molecule has 0 unspecified atom stereocenters. The number of nitrogens with zero attached hydrogens (tertiary/aromatic N) is 3. The summed E-state index contributed by atoms with van der Waals surface area (Å²) in [6.07, 6.45) is 1.92. The molecule has 0 saturated carbocycles. The van der Waals surface area contributed by atoms with Gasteiger partial charge >= 0.3 is 0 Å². The lowest BCUT2D eigenvalue weighted by Gasteiger charge is -2.22. The molecular weight excluding hydrogens is 767 g/mol. The Morgan fingerprint density at radius 2 is 1.17 bits per heavy atom. The third kappa shape index (κ3) is 8.10. The summed E-state index contributed by atoms with van der Waals surface area (Å²) in [6, 6.07) is 58.4. The Bertz CT molecular complexity index is 3100. The number of aromatic hydroxyl groups is 1. The van der Waals surface area contributed by atoms with Crippen molar-refractivity contribution >= 4 is 11.0 Å². The molecule has 0 saturated heterocycles. The van der Waals surface area contributed by atoms with Crippen molar-refractivity contribution < 1.29 is 5.11 Å². The van der Waals surface area contributed by atoms with E-state index < -0.39 is 0 Å². The second-order valence-corrected chi connectivity index (χ2v) is 18.6. The predicted molar refractivity (Wildman–Crippen MR) is 265 cm³/mol. The van der Waals surface area contributed by atoms with Gasteiger partial charge in [-0.2, -0.15) is 0 Å². The largest absolute Gasteiger partial charge is 0.507 e. The van der Waals surface area contributed by atoms with Crippen LogP contribution in [0.3, 0.4) is 0 Å². The van der Waals surface area contributed by atoms with Gasteiger partial charge in [-0.15, -0.1) is 0 Å². The number of aryl methyl sites for hydroxylation is 1. The molecule has 2 heterocycles. The molecule has 1 N–H and O–H groups in total. The fourth-order valence-corrected chi connectivity index (χ4v) is 8.69. The molecule has 0 radical (unpaired) electrons. The summed E-state index contributed by atoms with van der Waals surface area (Å²) in [5.41, 5.74) is 18.8. The van der Waals surface area contributed by atoms with E-state index >= 15 is 0 Å². The zero-order valence-corrected chi connectivity index (χ0v) is 37.6. The fourth-order valence-electron chi connectivity index (χ4n) is 8.69. The monoisotopic (exact) mass is 821 g/mol. The van der Waals surface area contributed by atoms with E-state index in [4.69, 9.17) is 9.97 Å². The highest BCUT2D eigenvalue weighted by atomic mass is 16.3. The van der Waals surface area contributed by atoms with Gasteiger partial charge in [-0.3, -0.25) is 9.55 Å². The molecular formula is C59H55N3O. The Kier molecular flexibility index (Phi) is 10.9. The SMILES string of the molecule is Cc1ccc(-n2c(-c3cc(C(C)C)cc(C(C)C)c3O)nc3c(-c4cc(-c5cc(-c6ccc(-c7ccccc7)cc6)ccn5)cc(C(C)(C)C)c4)cccc32)c(-c2ccccc2)c1. The summed E-state index contributed by atoms with van der Waals surface area (Å²) in [4.78, 5) is 10.6. The number of rotatable bonds is 9. The van der Waals surface area contributed by atoms with Crippen molar-refractivity contribution in [1.82, 2.24) is 14.5 Å². The Morgan fingerprint density at radius 3 is 1.84 bits per heavy atom. The van der Waals surface area contributed by atoms with E-state index in [1.165, 1.54) is 27.8 Å². The van der Waals surface area contributed by atoms with Gasteiger partial charge in [-0.05, 0) is 123 Å². The molecule has 63 heavy (non-hydrogen) atoms. The molecule has 0 fully saturated rings. The topological polar surface area (TPSA) is 50.9 Å². The Labute approximate surface area is 372 Å². The summed E-state index contributed by atoms with van der Waals surface area (Å²) in [7, 11) is 0. The van der Waals surface area contributed by atoms with Crippen LogP contribution in [0.25, 0.3) is 83.9 Å². The van der Waals surface area contributed by atoms with E-state index in [2.05, 4.69) is 224 Å². The Balaban J connectivity index is 1.26. The predicted octanol–water partition coefficient (Wildman–Crippen LogP) is 16.0. The summed E-state index contributed by atoms with van der Waals surface area (Å²) in [6.45, 7) is 17.6. The van der Waals surface area contributed by atoms with Crippen molar-refractivity contribution in [2.45, 2.75) is 72.6 Å². The first-order valence-electron chi connectivity index (χ1n) is 22.2. The van der Waals surface area contributed by atoms with Gasteiger partial charge in [0.2, 0.25) is 0 Å². The van der Waals surface area contributed by atoms with Crippen LogP contribution in [0.4, 0.5) is 0 Å². The number of benzene rings is 7. The van der Waals surface area contributed by atoms with E-state index in [1.807, 2.05) is 6.20 Å². The van der Waals surface area contributed by atoms with Crippen LogP contribution in [-0.4, -0.2) is 19.6 Å². The lowest BCUT2D eigenvalue weighted by atomic mass is 9.83. The van der Waals surface area contributed by atoms with Crippen LogP contribution in [0.5, 0.6) is 5.75 Å². The number of phenols is 1. The lowest BCUT2D eigenvalue weighted by molar-refractivity contribution is 0.466. The molecule has 0 atom stereocenters. The van der Waals surface area contributed by atoms with Crippen molar-refractivity contribution in [2.75, 3.05) is 0 Å². The number of para-hydroxylation sites is 1. The van der Waals surface area contributed by atoms with Crippen molar-refractivity contribution in [1.29, 1.82) is 0 Å². The van der Waals surface area contributed by atoms with Crippen LogP contribution >= 0.6 is 0 Å². The maximum atomic E-state index is 12.2. The number of hydrogen-bond acceptors (Lipinski definition) is 3. The molecule has 4 heteroatoms. The van der Waals surface area contributed by atoms with E-state index in [0.717, 1.165) is 72.5 Å². The Hall–Kier alpha value is -7.04. The number of fused-ring (bicyclic) bond motifs is 1. The highest BCUT2D eigenvalue weighted by Crippen LogP contribution is 2.44. The summed E-state index contributed by atoms with van der Waals surface area (Å²) in [5.74, 6) is 1.36. The molecule has 9 aromatic rings. The molecule has 7 aromatic carbocycles. The maximum Gasteiger partial charge on any atom is 0.149 e. The number of imidazole rings is 1. The van der Waals surface area contributed by atoms with Crippen LogP contribution in [0.15, 0.2) is 170 Å². The smallest absolute Gasteiger partial charge is 0.149 e. The van der Waals surface area contributed by atoms with Crippen LogP contribution in [0.2, 0.25) is 0 Å². The first kappa shape index (κ1) is 41.3. The van der Waals surface area contributed by atoms with Gasteiger partial charge in [0.15, 0.2) is 0 Å². The highest BCUT2D eigenvalue weighted by molar-refractivity contribution is 5.98. The third-order valence-corrected chi connectivity index (χ3v) is 12.3. The zero-order chi connectivity index (χ0) is 44.0. The second kappa shape index (κ2) is 16.7. The van der Waals surface area contributed by atoms with Crippen LogP contribution in [0, 0.1) is 6.92 Å². The van der Waals surface area contributed by atoms with Crippen molar-refractivity contribution in [3.8, 4) is 78.6 Å². The number of phenolic OH excluding ortho intramolecular Hbond substituents is 1. The molecule has 0 aliphatic heterocycles. The quantitative estimate of drug-likeness (QED) is 0.158. The molecule has 0 aliphatic carbocycles. The summed E-state index contributed by atoms with van der Waals surface area (Å²) < 4.78 is 2.27. The molecule has 0 aliphatic rings. The molecule has 0 amide bonds. The van der Waals surface area contributed by atoms with Gasteiger partial charge in [-0.1, -0.05) is 169 Å². The minimum absolute atomic E-state index is 0.120. The Morgan fingerprint density at radius 1 is 0.524 bits per heavy atom. The highest BCUT2D eigenvalue weighted by Gasteiger charge is 2.26. The minimum Gasteiger partial charge on any atom is -0.507 e. The van der Waals surface area contributed by atoms with Gasteiger partial charge in [0.1, 0.15) is 11.6 Å². The summed E-state index contributed by atoms with van der Waals surface area (Å²) >= 11 is 0. The molecule has 4 nitrogen and oxygen atoms in total. The van der Waals surface area contributed by atoms with Gasteiger partial charge in [0, 0.05) is 22.9 Å². The standard InChI is InChI=1S/C59H55N3O/c1-37(2)45-34-50(38(3)4)57(63)52(35-45)58-61-56-49(20-15-21-55(56)62(58)54-27-22-39(5)30-51(54)43-18-13-10-14-19-43)46-31-47(33-48(32-46)59(6,7)8)53-36-44(28-29-60-53)42-25-23-41(24-26-42)40-16-11-9-12-17-40/h9-38,63H,1-8H3. The fraction of sp³-hybridized carbons (Fsp3) is 0.186. The number of aromatic nitrogens is 3. The van der Waals surface area contributed by atoms with Crippen LogP contribution in [-0.2, 0) is 5.41 Å². The maximum absolute atomic E-state index is 12.2. The lowest BCUT2D eigenvalue weighted by Crippen LogP contribution is -2.11. The molecule has 0 bridgehead atoms. The number of pyridine rings is 1. The van der Waals surface area contributed by atoms with Gasteiger partial charge in [-0.25, -0.2) is 4.98 Å². The van der Waals surface area contributed by atoms with E-state index in [0.29, 0.717) is 5.82 Å². The second-order valence-electron chi connectivity index (χ2n) is 18.6. The number of hydrogen-bond donors (Lipinski definition) is 1. The molecule has 9 rings (SSSR count). The third-order valence-electron chi connectivity index (χ3n) is 12.3. The first-order chi connectivity index (χ1) is 30.3. The normalized spacial score (nSPS) is 11.8.